The quantitative estimate of drug-likeness (QED) is 0.183. The van der Waals surface area contributed by atoms with Gasteiger partial charge in [0.15, 0.2) is 11.2 Å². The molecule has 0 saturated carbocycles. The molecule has 44 heavy (non-hydrogen) atoms. The standard InChI is InChI=1S/C40H23N3O/c1-2-11-25(12-3-1)41-31-16-6-7-19-36(31)44-37-23-34-30(22-35(37)41)28-15-9-18-33-39(28)42(34)32-17-8-14-27-29-21-20-24-10-4-5-13-26(24)38(29)43(33)40(27)32/h1-23H. The van der Waals surface area contributed by atoms with Crippen molar-refractivity contribution in [2.45, 2.75) is 0 Å². The minimum Gasteiger partial charge on any atom is -0.453 e. The third kappa shape index (κ3) is 2.65. The highest BCUT2D eigenvalue weighted by Crippen LogP contribution is 2.43. The molecule has 0 aliphatic carbocycles. The second-order valence-corrected chi connectivity index (χ2v) is 11.8. The van der Waals surface area contributed by atoms with Crippen LogP contribution in [0, 0.1) is 0 Å². The monoisotopic (exact) mass is 561 g/mol. The SMILES string of the molecule is c1ccc(-n2c3ccccc3oc3cc4c(cc32)c2cccc3c2n4c2cccc4c5ccc6ccccc6c5n3c42)cc1. The fourth-order valence-corrected chi connectivity index (χ4v) is 7.81. The molecule has 11 rings (SSSR count). The van der Waals surface area contributed by atoms with Gasteiger partial charge in [0.25, 0.3) is 0 Å². The van der Waals surface area contributed by atoms with Crippen molar-refractivity contribution in [3.05, 3.63) is 140 Å². The van der Waals surface area contributed by atoms with Crippen molar-refractivity contribution in [1.82, 2.24) is 13.4 Å². The number of para-hydroxylation sites is 5. The lowest BCUT2D eigenvalue weighted by Gasteiger charge is -2.15. The van der Waals surface area contributed by atoms with Crippen LogP contribution >= 0.6 is 0 Å². The lowest BCUT2D eigenvalue weighted by Crippen LogP contribution is -2.00. The largest absolute Gasteiger partial charge is 0.453 e. The molecular weight excluding hydrogens is 538 g/mol. The van der Waals surface area contributed by atoms with Crippen LogP contribution in [0.15, 0.2) is 144 Å². The van der Waals surface area contributed by atoms with Gasteiger partial charge in [-0.05, 0) is 47.9 Å². The van der Waals surface area contributed by atoms with Gasteiger partial charge in [-0.3, -0.25) is 0 Å². The van der Waals surface area contributed by atoms with Crippen LogP contribution in [0.3, 0.4) is 0 Å². The summed E-state index contributed by atoms with van der Waals surface area (Å²) in [7, 11) is 0. The van der Waals surface area contributed by atoms with Crippen molar-refractivity contribution in [3.63, 3.8) is 0 Å². The molecule has 0 saturated heterocycles. The number of rotatable bonds is 1. The van der Waals surface area contributed by atoms with Crippen molar-refractivity contribution >= 4 is 87.6 Å². The number of fused-ring (bicyclic) bond motifs is 12. The first-order valence-electron chi connectivity index (χ1n) is 15.0. The summed E-state index contributed by atoms with van der Waals surface area (Å²) in [6.45, 7) is 0. The zero-order valence-electron chi connectivity index (χ0n) is 23.5. The topological polar surface area (TPSA) is 26.9 Å². The van der Waals surface area contributed by atoms with Gasteiger partial charge in [0.2, 0.25) is 0 Å². The van der Waals surface area contributed by atoms with E-state index in [9.17, 15) is 0 Å². The maximum atomic E-state index is 6.66. The Balaban J connectivity index is 1.41. The van der Waals surface area contributed by atoms with Gasteiger partial charge in [0.05, 0.1) is 44.1 Å². The van der Waals surface area contributed by atoms with E-state index < -0.39 is 0 Å². The van der Waals surface area contributed by atoms with Crippen molar-refractivity contribution in [3.8, 4) is 5.69 Å². The van der Waals surface area contributed by atoms with E-state index in [2.05, 4.69) is 147 Å². The van der Waals surface area contributed by atoms with Crippen LogP contribution in [0.2, 0.25) is 0 Å². The summed E-state index contributed by atoms with van der Waals surface area (Å²) in [6.07, 6.45) is 0. The van der Waals surface area contributed by atoms with Gasteiger partial charge in [0, 0.05) is 38.7 Å². The maximum Gasteiger partial charge on any atom is 0.153 e. The zero-order chi connectivity index (χ0) is 28.5. The van der Waals surface area contributed by atoms with E-state index in [0.717, 1.165) is 33.4 Å². The summed E-state index contributed by atoms with van der Waals surface area (Å²) in [4.78, 5) is 0. The van der Waals surface area contributed by atoms with E-state index in [-0.39, 0.29) is 0 Å². The second-order valence-electron chi connectivity index (χ2n) is 11.8. The molecule has 4 heteroatoms. The van der Waals surface area contributed by atoms with E-state index in [1.54, 1.807) is 0 Å². The molecule has 0 N–H and O–H groups in total. The second kappa shape index (κ2) is 7.88. The van der Waals surface area contributed by atoms with Crippen LogP contribution in [0.4, 0.5) is 0 Å². The van der Waals surface area contributed by atoms with Crippen molar-refractivity contribution in [1.29, 1.82) is 0 Å². The molecule has 204 valence electrons. The molecule has 0 aliphatic heterocycles. The van der Waals surface area contributed by atoms with Crippen LogP contribution in [0.25, 0.3) is 93.3 Å². The molecule has 0 amide bonds. The Morgan fingerprint density at radius 1 is 0.364 bits per heavy atom. The first-order chi connectivity index (χ1) is 21.8. The van der Waals surface area contributed by atoms with Gasteiger partial charge in [-0.25, -0.2) is 0 Å². The molecule has 7 aromatic carbocycles. The van der Waals surface area contributed by atoms with Crippen molar-refractivity contribution in [2.24, 2.45) is 0 Å². The predicted octanol–water partition coefficient (Wildman–Crippen LogP) is 10.6. The smallest absolute Gasteiger partial charge is 0.153 e. The molecule has 4 nitrogen and oxygen atoms in total. The summed E-state index contributed by atoms with van der Waals surface area (Å²) in [5.41, 5.74) is 12.2. The fourth-order valence-electron chi connectivity index (χ4n) is 7.81. The summed E-state index contributed by atoms with van der Waals surface area (Å²) < 4.78 is 13.9. The summed E-state index contributed by atoms with van der Waals surface area (Å²) in [5, 5.41) is 7.52. The first-order valence-corrected chi connectivity index (χ1v) is 15.0. The van der Waals surface area contributed by atoms with E-state index in [1.165, 1.54) is 59.9 Å². The molecule has 4 heterocycles. The summed E-state index contributed by atoms with van der Waals surface area (Å²) in [6, 6.07) is 50.2. The first kappa shape index (κ1) is 22.6. The number of hydrogen-bond donors (Lipinski definition) is 0. The molecular formula is C40H23N3O. The minimum atomic E-state index is 0.852. The van der Waals surface area contributed by atoms with Gasteiger partial charge in [0.1, 0.15) is 0 Å². The van der Waals surface area contributed by atoms with E-state index >= 15 is 0 Å². The van der Waals surface area contributed by atoms with Crippen molar-refractivity contribution < 1.29 is 4.42 Å². The molecule has 11 aromatic rings. The van der Waals surface area contributed by atoms with Gasteiger partial charge in [-0.15, -0.1) is 0 Å². The van der Waals surface area contributed by atoms with Gasteiger partial charge in [-0.2, -0.15) is 0 Å². The molecule has 0 atom stereocenters. The van der Waals surface area contributed by atoms with Crippen LogP contribution in [0.1, 0.15) is 0 Å². The van der Waals surface area contributed by atoms with Crippen LogP contribution < -0.4 is 0 Å². The number of hydrogen-bond acceptors (Lipinski definition) is 1. The number of nitrogens with zero attached hydrogens (tertiary/aromatic N) is 3. The molecule has 0 unspecified atom stereocenters. The van der Waals surface area contributed by atoms with E-state index in [1.807, 2.05) is 6.07 Å². The maximum absolute atomic E-state index is 6.66. The van der Waals surface area contributed by atoms with Gasteiger partial charge < -0.3 is 17.8 Å². The molecule has 0 fully saturated rings. The zero-order valence-corrected chi connectivity index (χ0v) is 23.5. The van der Waals surface area contributed by atoms with Crippen LogP contribution in [-0.2, 0) is 0 Å². The van der Waals surface area contributed by atoms with Crippen LogP contribution in [-0.4, -0.2) is 13.4 Å². The summed E-state index contributed by atoms with van der Waals surface area (Å²) >= 11 is 0. The average Bonchev–Trinajstić information content (AvgIpc) is 3.60. The highest BCUT2D eigenvalue weighted by molar-refractivity contribution is 6.25. The Morgan fingerprint density at radius 2 is 1.02 bits per heavy atom. The number of benzene rings is 7. The van der Waals surface area contributed by atoms with Gasteiger partial charge >= 0.3 is 0 Å². The Labute approximate surface area is 250 Å². The molecule has 0 aliphatic rings. The average molecular weight is 562 g/mol. The third-order valence-electron chi connectivity index (χ3n) is 9.56. The highest BCUT2D eigenvalue weighted by atomic mass is 16.3. The van der Waals surface area contributed by atoms with E-state index in [0.29, 0.717) is 0 Å². The fraction of sp³-hybridized carbons (Fsp3) is 0. The third-order valence-corrected chi connectivity index (χ3v) is 9.56. The Morgan fingerprint density at radius 3 is 1.91 bits per heavy atom. The molecule has 0 radical (unpaired) electrons. The Bertz CT molecular complexity index is 2990. The van der Waals surface area contributed by atoms with Crippen molar-refractivity contribution in [2.75, 3.05) is 0 Å². The lowest BCUT2D eigenvalue weighted by atomic mass is 10.1. The highest BCUT2D eigenvalue weighted by Gasteiger charge is 2.23. The van der Waals surface area contributed by atoms with Gasteiger partial charge in [-0.1, -0.05) is 91.0 Å². The molecule has 0 spiro atoms. The summed E-state index contributed by atoms with van der Waals surface area (Å²) in [5.74, 6) is 0. The molecule has 0 bridgehead atoms. The Hall–Kier alpha value is -6.00. The minimum absolute atomic E-state index is 0.852. The predicted molar refractivity (Wildman–Crippen MR) is 182 cm³/mol. The van der Waals surface area contributed by atoms with Crippen LogP contribution in [0.5, 0.6) is 0 Å². The lowest BCUT2D eigenvalue weighted by molar-refractivity contribution is 0.654. The van der Waals surface area contributed by atoms with E-state index in [4.69, 9.17) is 4.42 Å². The normalized spacial score (nSPS) is 12.5. The number of aromatic nitrogens is 3. The molecule has 4 aromatic heterocycles. The Kier molecular flexibility index (Phi) is 4.04.